The minimum Gasteiger partial charge on any atom is -0.367 e. The van der Waals surface area contributed by atoms with E-state index in [-0.39, 0.29) is 5.54 Å². The third kappa shape index (κ3) is 3.69. The molecule has 1 saturated heterocycles. The van der Waals surface area contributed by atoms with Gasteiger partial charge in [-0.1, -0.05) is 6.92 Å². The Morgan fingerprint density at radius 3 is 2.89 bits per heavy atom. The number of rotatable bonds is 4. The van der Waals surface area contributed by atoms with Crippen LogP contribution in [0.3, 0.4) is 0 Å². The van der Waals surface area contributed by atoms with Gasteiger partial charge in [-0.3, -0.25) is 4.98 Å². The first kappa shape index (κ1) is 14.3. The normalized spacial score (nSPS) is 20.0. The van der Waals surface area contributed by atoms with Crippen LogP contribution in [0.5, 0.6) is 0 Å². The van der Waals surface area contributed by atoms with E-state index in [1.54, 1.807) is 0 Å². The van der Waals surface area contributed by atoms with Crippen LogP contribution in [0.25, 0.3) is 0 Å². The smallest absolute Gasteiger partial charge is 0.0600 e. The molecule has 1 unspecified atom stereocenters. The summed E-state index contributed by atoms with van der Waals surface area (Å²) in [6, 6.07) is 2.84. The number of hydrogen-bond acceptors (Lipinski definition) is 3. The highest BCUT2D eigenvalue weighted by molar-refractivity contribution is 5.53. The van der Waals surface area contributed by atoms with Crippen LogP contribution in [-0.2, 0) is 6.54 Å². The molecule has 19 heavy (non-hydrogen) atoms. The van der Waals surface area contributed by atoms with Gasteiger partial charge in [0, 0.05) is 30.9 Å². The third-order valence-electron chi connectivity index (χ3n) is 3.85. The zero-order chi connectivity index (χ0) is 13.9. The number of anilines is 1. The van der Waals surface area contributed by atoms with E-state index in [4.69, 9.17) is 0 Å². The Hall–Kier alpha value is -1.09. The minimum absolute atomic E-state index is 0.149. The summed E-state index contributed by atoms with van der Waals surface area (Å²) in [4.78, 5) is 6.88. The van der Waals surface area contributed by atoms with Gasteiger partial charge in [-0.05, 0) is 51.7 Å². The molecule has 3 heteroatoms. The second kappa shape index (κ2) is 5.91. The Kier molecular flexibility index (Phi) is 4.46. The summed E-state index contributed by atoms with van der Waals surface area (Å²) in [5.74, 6) is 0. The van der Waals surface area contributed by atoms with Gasteiger partial charge >= 0.3 is 0 Å². The molecule has 1 N–H and O–H groups in total. The van der Waals surface area contributed by atoms with E-state index in [1.165, 1.54) is 37.1 Å². The van der Waals surface area contributed by atoms with Crippen LogP contribution in [0.15, 0.2) is 18.5 Å². The van der Waals surface area contributed by atoms with Gasteiger partial charge in [0.15, 0.2) is 0 Å². The number of aromatic nitrogens is 1. The van der Waals surface area contributed by atoms with Crippen molar-refractivity contribution in [2.24, 2.45) is 0 Å². The van der Waals surface area contributed by atoms with Crippen LogP contribution in [0.4, 0.5) is 5.69 Å². The molecule has 3 nitrogen and oxygen atoms in total. The highest BCUT2D eigenvalue weighted by Gasteiger charge is 2.25. The van der Waals surface area contributed by atoms with E-state index < -0.39 is 0 Å². The average molecular weight is 261 g/mol. The van der Waals surface area contributed by atoms with Crippen molar-refractivity contribution in [3.63, 3.8) is 0 Å². The Balaban J connectivity index is 2.16. The number of nitrogens with zero attached hydrogens (tertiary/aromatic N) is 2. The molecule has 1 aliphatic rings. The van der Waals surface area contributed by atoms with Crippen molar-refractivity contribution in [1.82, 2.24) is 10.3 Å². The van der Waals surface area contributed by atoms with Gasteiger partial charge in [0.2, 0.25) is 0 Å². The van der Waals surface area contributed by atoms with Crippen molar-refractivity contribution in [2.75, 3.05) is 11.4 Å². The van der Waals surface area contributed by atoms with E-state index in [0.717, 1.165) is 6.54 Å². The molecule has 106 valence electrons. The van der Waals surface area contributed by atoms with Crippen molar-refractivity contribution in [3.05, 3.63) is 24.0 Å². The Morgan fingerprint density at radius 2 is 2.21 bits per heavy atom. The molecule has 0 aromatic carbocycles. The van der Waals surface area contributed by atoms with E-state index in [9.17, 15) is 0 Å². The maximum absolute atomic E-state index is 4.33. The van der Waals surface area contributed by atoms with Gasteiger partial charge < -0.3 is 10.2 Å². The van der Waals surface area contributed by atoms with Gasteiger partial charge in [-0.2, -0.15) is 0 Å². The molecule has 0 radical (unpaired) electrons. The lowest BCUT2D eigenvalue weighted by Crippen LogP contribution is -2.36. The molecule has 0 spiro atoms. The van der Waals surface area contributed by atoms with Gasteiger partial charge in [0.1, 0.15) is 0 Å². The Labute approximate surface area is 117 Å². The van der Waals surface area contributed by atoms with E-state index >= 15 is 0 Å². The third-order valence-corrected chi connectivity index (χ3v) is 3.85. The van der Waals surface area contributed by atoms with E-state index in [0.29, 0.717) is 6.04 Å². The zero-order valence-electron chi connectivity index (χ0n) is 12.7. The Morgan fingerprint density at radius 1 is 1.42 bits per heavy atom. The van der Waals surface area contributed by atoms with Crippen molar-refractivity contribution in [2.45, 2.75) is 65.1 Å². The lowest BCUT2D eigenvalue weighted by atomic mass is 10.1. The molecule has 1 aromatic rings. The summed E-state index contributed by atoms with van der Waals surface area (Å²) in [6.07, 6.45) is 7.78. The maximum atomic E-state index is 4.33. The predicted octanol–water partition coefficient (Wildman–Crippen LogP) is 3.35. The van der Waals surface area contributed by atoms with Crippen molar-refractivity contribution >= 4 is 5.69 Å². The predicted molar refractivity (Wildman–Crippen MR) is 81.5 cm³/mol. The van der Waals surface area contributed by atoms with Gasteiger partial charge in [-0.15, -0.1) is 0 Å². The number of nitrogens with one attached hydrogen (secondary N) is 1. The number of hydrogen-bond donors (Lipinski definition) is 1. The minimum atomic E-state index is 0.149. The van der Waals surface area contributed by atoms with E-state index in [2.05, 4.69) is 49.0 Å². The fraction of sp³-hybridized carbons (Fsp3) is 0.688. The van der Waals surface area contributed by atoms with Crippen LogP contribution in [0.1, 0.15) is 52.5 Å². The topological polar surface area (TPSA) is 28.2 Å². The van der Waals surface area contributed by atoms with Crippen molar-refractivity contribution < 1.29 is 0 Å². The molecule has 2 heterocycles. The molecule has 2 rings (SSSR count). The van der Waals surface area contributed by atoms with Crippen LogP contribution in [-0.4, -0.2) is 23.1 Å². The summed E-state index contributed by atoms with van der Waals surface area (Å²) in [5.41, 5.74) is 2.84. The van der Waals surface area contributed by atoms with E-state index in [1.807, 2.05) is 12.4 Å². The first-order valence-corrected chi connectivity index (χ1v) is 7.46. The summed E-state index contributed by atoms with van der Waals surface area (Å²) < 4.78 is 0. The molecular formula is C16H27N3. The Bertz CT molecular complexity index is 409. The maximum Gasteiger partial charge on any atom is 0.0600 e. The molecule has 1 atom stereocenters. The molecule has 1 fully saturated rings. The molecule has 0 saturated carbocycles. The summed E-state index contributed by atoms with van der Waals surface area (Å²) in [6.45, 7) is 11.0. The van der Waals surface area contributed by atoms with Crippen molar-refractivity contribution in [1.29, 1.82) is 0 Å². The largest absolute Gasteiger partial charge is 0.367 e. The van der Waals surface area contributed by atoms with Crippen LogP contribution in [0, 0.1) is 0 Å². The fourth-order valence-electron chi connectivity index (χ4n) is 2.76. The van der Waals surface area contributed by atoms with Crippen LogP contribution < -0.4 is 10.2 Å². The summed E-state index contributed by atoms with van der Waals surface area (Å²) in [5, 5.41) is 3.58. The van der Waals surface area contributed by atoms with Gasteiger partial charge in [-0.25, -0.2) is 0 Å². The van der Waals surface area contributed by atoms with Gasteiger partial charge in [0.05, 0.1) is 11.9 Å². The van der Waals surface area contributed by atoms with Crippen LogP contribution in [0.2, 0.25) is 0 Å². The molecule has 0 amide bonds. The van der Waals surface area contributed by atoms with Gasteiger partial charge in [0.25, 0.3) is 0 Å². The monoisotopic (exact) mass is 261 g/mol. The van der Waals surface area contributed by atoms with Crippen LogP contribution >= 0.6 is 0 Å². The first-order chi connectivity index (χ1) is 9.01. The van der Waals surface area contributed by atoms with Crippen molar-refractivity contribution in [3.8, 4) is 0 Å². The molecule has 1 aromatic heterocycles. The molecule has 1 aliphatic heterocycles. The molecular weight excluding hydrogens is 234 g/mol. The first-order valence-electron chi connectivity index (χ1n) is 7.46. The molecule has 0 aliphatic carbocycles. The highest BCUT2D eigenvalue weighted by atomic mass is 15.2. The summed E-state index contributed by atoms with van der Waals surface area (Å²) in [7, 11) is 0. The lowest BCUT2D eigenvalue weighted by Gasteiger charge is -2.29. The summed E-state index contributed by atoms with van der Waals surface area (Å²) >= 11 is 0. The quantitative estimate of drug-likeness (QED) is 0.901. The number of pyridine rings is 1. The zero-order valence-corrected chi connectivity index (χ0v) is 12.7. The fourth-order valence-corrected chi connectivity index (χ4v) is 2.76. The molecule has 0 bridgehead atoms. The highest BCUT2D eigenvalue weighted by Crippen LogP contribution is 2.29. The second-order valence-corrected chi connectivity index (χ2v) is 6.51. The lowest BCUT2D eigenvalue weighted by molar-refractivity contribution is 0.424. The SMILES string of the molecule is CCC1CCCN1c1cnccc1CNC(C)(C)C. The standard InChI is InChI=1S/C16H27N3/c1-5-14-7-6-10-19(14)15-12-17-9-8-13(15)11-18-16(2,3)4/h8-9,12,14,18H,5-7,10-11H2,1-4H3. The average Bonchev–Trinajstić information content (AvgIpc) is 2.84. The second-order valence-electron chi connectivity index (χ2n) is 6.51.